The lowest BCUT2D eigenvalue weighted by Gasteiger charge is -2.34. The van der Waals surface area contributed by atoms with Crippen molar-refractivity contribution < 1.29 is 0 Å². The van der Waals surface area contributed by atoms with E-state index in [4.69, 9.17) is 4.98 Å². The predicted molar refractivity (Wildman–Crippen MR) is 78.5 cm³/mol. The number of likely N-dealkylation sites (tertiary alicyclic amines) is 1. The highest BCUT2D eigenvalue weighted by atomic mass is 32.1. The average Bonchev–Trinajstić information content (AvgIpc) is 2.82. The Morgan fingerprint density at radius 2 is 2.00 bits per heavy atom. The van der Waals surface area contributed by atoms with Crippen molar-refractivity contribution in [3.05, 3.63) is 24.3 Å². The molecule has 4 heteroatoms. The van der Waals surface area contributed by atoms with Gasteiger partial charge in [0.1, 0.15) is 0 Å². The quantitative estimate of drug-likeness (QED) is 0.828. The summed E-state index contributed by atoms with van der Waals surface area (Å²) < 4.78 is 1.28. The van der Waals surface area contributed by atoms with Crippen molar-refractivity contribution in [3.8, 4) is 0 Å². The van der Waals surface area contributed by atoms with E-state index in [2.05, 4.69) is 48.2 Å². The summed E-state index contributed by atoms with van der Waals surface area (Å²) in [6.07, 6.45) is 2.48. The highest BCUT2D eigenvalue weighted by Gasteiger charge is 2.22. The number of rotatable bonds is 2. The zero-order valence-corrected chi connectivity index (χ0v) is 11.8. The molecule has 0 spiro atoms. The largest absolute Gasteiger partial charge is 0.348 e. The molecule has 1 aliphatic rings. The first-order chi connectivity index (χ1) is 8.74. The second-order valence-electron chi connectivity index (χ2n) is 5.11. The number of piperidine rings is 1. The summed E-state index contributed by atoms with van der Waals surface area (Å²) in [6.45, 7) is 2.39. The van der Waals surface area contributed by atoms with Crippen LogP contribution in [0.2, 0.25) is 0 Å². The minimum Gasteiger partial charge on any atom is -0.348 e. The van der Waals surface area contributed by atoms with Crippen LogP contribution >= 0.6 is 11.3 Å². The van der Waals surface area contributed by atoms with E-state index in [-0.39, 0.29) is 0 Å². The Labute approximate surface area is 112 Å². The number of benzene rings is 1. The second-order valence-corrected chi connectivity index (χ2v) is 6.12. The molecule has 0 bridgehead atoms. The van der Waals surface area contributed by atoms with E-state index in [1.54, 1.807) is 11.3 Å². The fraction of sp³-hybridized carbons (Fsp3) is 0.500. The van der Waals surface area contributed by atoms with Crippen LogP contribution in [0.3, 0.4) is 0 Å². The van der Waals surface area contributed by atoms with E-state index in [0.717, 1.165) is 10.6 Å². The first kappa shape index (κ1) is 11.9. The van der Waals surface area contributed by atoms with Gasteiger partial charge in [-0.05, 0) is 45.1 Å². The molecule has 1 fully saturated rings. The molecule has 2 aromatic rings. The summed E-state index contributed by atoms with van der Waals surface area (Å²) in [5.41, 5.74) is 1.12. The zero-order chi connectivity index (χ0) is 12.5. The molecule has 0 N–H and O–H groups in total. The summed E-state index contributed by atoms with van der Waals surface area (Å²) in [6, 6.07) is 9.03. The first-order valence-corrected chi connectivity index (χ1v) is 7.32. The number of fused-ring (bicyclic) bond motifs is 1. The van der Waals surface area contributed by atoms with Crippen LogP contribution in [-0.4, -0.2) is 43.1 Å². The van der Waals surface area contributed by atoms with Gasteiger partial charge in [-0.1, -0.05) is 23.5 Å². The molecule has 0 radical (unpaired) electrons. The second kappa shape index (κ2) is 4.86. The SMILES string of the molecule is CN1CCC(N(C)c2nc3ccccc3s2)CC1. The van der Waals surface area contributed by atoms with Crippen LogP contribution < -0.4 is 4.90 Å². The number of aromatic nitrogens is 1. The summed E-state index contributed by atoms with van der Waals surface area (Å²) in [4.78, 5) is 9.52. The molecule has 1 aliphatic heterocycles. The number of nitrogens with zero attached hydrogens (tertiary/aromatic N) is 3. The Kier molecular flexibility index (Phi) is 3.22. The van der Waals surface area contributed by atoms with Crippen molar-refractivity contribution in [2.24, 2.45) is 0 Å². The summed E-state index contributed by atoms with van der Waals surface area (Å²) in [7, 11) is 4.39. The Hall–Kier alpha value is -1.13. The monoisotopic (exact) mass is 261 g/mol. The van der Waals surface area contributed by atoms with Gasteiger partial charge in [0.15, 0.2) is 5.13 Å². The van der Waals surface area contributed by atoms with E-state index in [1.807, 2.05) is 0 Å². The van der Waals surface area contributed by atoms with Crippen LogP contribution in [0, 0.1) is 0 Å². The van der Waals surface area contributed by atoms with Gasteiger partial charge in [-0.3, -0.25) is 0 Å². The van der Waals surface area contributed by atoms with Crippen molar-refractivity contribution in [3.63, 3.8) is 0 Å². The van der Waals surface area contributed by atoms with Gasteiger partial charge in [-0.15, -0.1) is 0 Å². The molecule has 0 saturated carbocycles. The third-order valence-corrected chi connectivity index (χ3v) is 4.95. The molecule has 1 saturated heterocycles. The van der Waals surface area contributed by atoms with E-state index >= 15 is 0 Å². The molecule has 1 aromatic heterocycles. The Morgan fingerprint density at radius 3 is 2.72 bits per heavy atom. The zero-order valence-electron chi connectivity index (χ0n) is 11.0. The third kappa shape index (κ3) is 2.22. The Balaban J connectivity index is 1.81. The number of hydrogen-bond donors (Lipinski definition) is 0. The third-order valence-electron chi connectivity index (χ3n) is 3.82. The maximum absolute atomic E-state index is 4.74. The maximum atomic E-state index is 4.74. The molecule has 0 amide bonds. The summed E-state index contributed by atoms with van der Waals surface area (Å²) >= 11 is 1.80. The molecule has 3 rings (SSSR count). The molecule has 18 heavy (non-hydrogen) atoms. The highest BCUT2D eigenvalue weighted by molar-refractivity contribution is 7.22. The van der Waals surface area contributed by atoms with Crippen molar-refractivity contribution in [2.75, 3.05) is 32.1 Å². The van der Waals surface area contributed by atoms with E-state index in [9.17, 15) is 0 Å². The number of thiazole rings is 1. The van der Waals surface area contributed by atoms with Gasteiger partial charge in [0, 0.05) is 13.1 Å². The minimum atomic E-state index is 0.641. The molecule has 0 atom stereocenters. The fourth-order valence-electron chi connectivity index (χ4n) is 2.55. The lowest BCUT2D eigenvalue weighted by Crippen LogP contribution is -2.41. The normalized spacial score (nSPS) is 18.3. The van der Waals surface area contributed by atoms with E-state index < -0.39 is 0 Å². The van der Waals surface area contributed by atoms with Gasteiger partial charge in [0.2, 0.25) is 0 Å². The van der Waals surface area contributed by atoms with Crippen LogP contribution in [0.4, 0.5) is 5.13 Å². The molecule has 2 heterocycles. The number of anilines is 1. The van der Waals surface area contributed by atoms with Gasteiger partial charge < -0.3 is 9.80 Å². The lowest BCUT2D eigenvalue weighted by atomic mass is 10.0. The number of hydrogen-bond acceptors (Lipinski definition) is 4. The molecule has 0 aliphatic carbocycles. The summed E-state index contributed by atoms with van der Waals surface area (Å²) in [5, 5.41) is 1.16. The van der Waals surface area contributed by atoms with Crippen molar-refractivity contribution in [1.82, 2.24) is 9.88 Å². The van der Waals surface area contributed by atoms with Crippen molar-refractivity contribution in [2.45, 2.75) is 18.9 Å². The molecular formula is C14H19N3S. The topological polar surface area (TPSA) is 19.4 Å². The molecule has 0 unspecified atom stereocenters. The molecule has 3 nitrogen and oxygen atoms in total. The first-order valence-electron chi connectivity index (χ1n) is 6.51. The van der Waals surface area contributed by atoms with E-state index in [1.165, 1.54) is 30.6 Å². The van der Waals surface area contributed by atoms with Crippen molar-refractivity contribution in [1.29, 1.82) is 0 Å². The van der Waals surface area contributed by atoms with Crippen LogP contribution in [0.25, 0.3) is 10.2 Å². The van der Waals surface area contributed by atoms with E-state index in [0.29, 0.717) is 6.04 Å². The predicted octanol–water partition coefficient (Wildman–Crippen LogP) is 2.83. The average molecular weight is 261 g/mol. The van der Waals surface area contributed by atoms with Gasteiger partial charge in [0.05, 0.1) is 10.2 Å². The Morgan fingerprint density at radius 1 is 1.28 bits per heavy atom. The van der Waals surface area contributed by atoms with Crippen molar-refractivity contribution >= 4 is 26.7 Å². The van der Waals surface area contributed by atoms with Crippen LogP contribution in [0.5, 0.6) is 0 Å². The number of para-hydroxylation sites is 1. The lowest BCUT2D eigenvalue weighted by molar-refractivity contribution is 0.253. The maximum Gasteiger partial charge on any atom is 0.186 e. The van der Waals surface area contributed by atoms with Gasteiger partial charge in [-0.25, -0.2) is 4.98 Å². The van der Waals surface area contributed by atoms with Crippen LogP contribution in [0.15, 0.2) is 24.3 Å². The molecule has 96 valence electrons. The molecular weight excluding hydrogens is 242 g/mol. The molecule has 1 aromatic carbocycles. The minimum absolute atomic E-state index is 0.641. The standard InChI is InChI=1S/C14H19N3S/c1-16-9-7-11(8-10-16)17(2)14-15-12-5-3-4-6-13(12)18-14/h3-6,11H,7-10H2,1-2H3. The van der Waals surface area contributed by atoms with Gasteiger partial charge in [-0.2, -0.15) is 0 Å². The van der Waals surface area contributed by atoms with Crippen LogP contribution in [-0.2, 0) is 0 Å². The summed E-state index contributed by atoms with van der Waals surface area (Å²) in [5.74, 6) is 0. The smallest absolute Gasteiger partial charge is 0.186 e. The van der Waals surface area contributed by atoms with Gasteiger partial charge >= 0.3 is 0 Å². The fourth-order valence-corrected chi connectivity index (χ4v) is 3.55. The highest BCUT2D eigenvalue weighted by Crippen LogP contribution is 2.30. The Bertz CT molecular complexity index is 496. The van der Waals surface area contributed by atoms with Crippen LogP contribution in [0.1, 0.15) is 12.8 Å². The van der Waals surface area contributed by atoms with Gasteiger partial charge in [0.25, 0.3) is 0 Å².